The monoisotopic (exact) mass is 493 g/mol. The van der Waals surface area contributed by atoms with Gasteiger partial charge in [-0.25, -0.2) is 14.6 Å². The van der Waals surface area contributed by atoms with Gasteiger partial charge in [-0.2, -0.15) is 0 Å². The highest BCUT2D eigenvalue weighted by molar-refractivity contribution is 8.18. The summed E-state index contributed by atoms with van der Waals surface area (Å²) >= 11 is 0.995. The Morgan fingerprint density at radius 2 is 1.57 bits per heavy atom. The summed E-state index contributed by atoms with van der Waals surface area (Å²) < 4.78 is 9.77. The fourth-order valence-corrected chi connectivity index (χ4v) is 4.26. The molecule has 0 saturated heterocycles. The lowest BCUT2D eigenvalue weighted by molar-refractivity contribution is -0.138. The first-order chi connectivity index (χ1) is 16.5. The number of hydrogen-bond donors (Lipinski definition) is 1. The molecule has 0 fully saturated rings. The second kappa shape index (κ2) is 10.7. The van der Waals surface area contributed by atoms with Crippen molar-refractivity contribution >= 4 is 40.7 Å². The van der Waals surface area contributed by atoms with Gasteiger partial charge in [-0.05, 0) is 53.8 Å². The lowest BCUT2D eigenvalue weighted by Gasteiger charge is -2.18. The number of carbonyl (C=O) groups excluding carboxylic acids is 3. The van der Waals surface area contributed by atoms with Crippen molar-refractivity contribution in [1.82, 2.24) is 0 Å². The highest BCUT2D eigenvalue weighted by atomic mass is 32.2. The molecule has 0 aliphatic carbocycles. The number of aliphatic hydroxyl groups is 1. The van der Waals surface area contributed by atoms with E-state index in [1.54, 1.807) is 49.4 Å². The Morgan fingerprint density at radius 1 is 0.971 bits per heavy atom. The number of ether oxygens (including phenoxy) is 2. The third kappa shape index (κ3) is 6.08. The van der Waals surface area contributed by atoms with Crippen molar-refractivity contribution in [2.24, 2.45) is 4.99 Å². The van der Waals surface area contributed by atoms with Crippen LogP contribution in [0.4, 0.5) is 0 Å². The SMILES string of the molecule is CCOC(=O)C1=C(O)/C(=C/c2ccc(C(=O)OC)cc2)SC1=NC(=O)c1ccc(C(C)(C)C)cc1. The van der Waals surface area contributed by atoms with Gasteiger partial charge in [0.05, 0.1) is 24.2 Å². The van der Waals surface area contributed by atoms with Crippen LogP contribution in [0, 0.1) is 0 Å². The van der Waals surface area contributed by atoms with E-state index in [4.69, 9.17) is 9.47 Å². The molecule has 1 aliphatic rings. The van der Waals surface area contributed by atoms with E-state index in [0.29, 0.717) is 21.6 Å². The summed E-state index contributed by atoms with van der Waals surface area (Å²) in [6, 6.07) is 13.7. The van der Waals surface area contributed by atoms with Gasteiger partial charge in [0.2, 0.25) is 0 Å². The molecule has 3 rings (SSSR count). The minimum atomic E-state index is -0.767. The third-order valence-electron chi connectivity index (χ3n) is 5.20. The number of hydrogen-bond acceptors (Lipinski definition) is 7. The van der Waals surface area contributed by atoms with Gasteiger partial charge < -0.3 is 14.6 Å². The first-order valence-electron chi connectivity index (χ1n) is 11.0. The maximum Gasteiger partial charge on any atom is 0.344 e. The zero-order valence-electron chi connectivity index (χ0n) is 20.2. The predicted octanol–water partition coefficient (Wildman–Crippen LogP) is 5.47. The molecule has 2 aromatic rings. The molecule has 0 unspecified atom stereocenters. The van der Waals surface area contributed by atoms with E-state index in [9.17, 15) is 19.5 Å². The van der Waals surface area contributed by atoms with E-state index in [1.165, 1.54) is 7.11 Å². The molecule has 7 nitrogen and oxygen atoms in total. The van der Waals surface area contributed by atoms with Crippen LogP contribution in [0.3, 0.4) is 0 Å². The van der Waals surface area contributed by atoms with E-state index in [2.05, 4.69) is 25.8 Å². The van der Waals surface area contributed by atoms with Crippen molar-refractivity contribution < 1.29 is 29.0 Å². The number of aliphatic hydroxyl groups excluding tert-OH is 1. The lowest BCUT2D eigenvalue weighted by atomic mass is 9.87. The van der Waals surface area contributed by atoms with Crippen molar-refractivity contribution in [2.75, 3.05) is 13.7 Å². The molecule has 0 aromatic heterocycles. The number of thioether (sulfide) groups is 1. The van der Waals surface area contributed by atoms with Gasteiger partial charge >= 0.3 is 11.9 Å². The van der Waals surface area contributed by atoms with E-state index >= 15 is 0 Å². The average molecular weight is 494 g/mol. The summed E-state index contributed by atoms with van der Waals surface area (Å²) in [5.41, 5.74) is 2.27. The quantitative estimate of drug-likeness (QED) is 0.551. The van der Waals surface area contributed by atoms with E-state index in [-0.39, 0.29) is 28.4 Å². The van der Waals surface area contributed by atoms with Crippen molar-refractivity contribution in [2.45, 2.75) is 33.1 Å². The first kappa shape index (κ1) is 26.0. The van der Waals surface area contributed by atoms with E-state index in [1.807, 2.05) is 12.1 Å². The molecule has 35 heavy (non-hydrogen) atoms. The standard InChI is InChI=1S/C27H27NO6S/c1-6-34-26(32)21-22(29)20(15-16-7-9-18(10-8-16)25(31)33-5)35-24(21)28-23(30)17-11-13-19(14-12-17)27(2,3)4/h7-15,29H,6H2,1-5H3/b20-15-,28-24?. The number of carbonyl (C=O) groups is 3. The molecule has 0 bridgehead atoms. The number of nitrogens with zero attached hydrogens (tertiary/aromatic N) is 1. The Balaban J connectivity index is 1.94. The Hall–Kier alpha value is -3.65. The molecule has 0 atom stereocenters. The number of benzene rings is 2. The average Bonchev–Trinajstić information content (AvgIpc) is 3.13. The van der Waals surface area contributed by atoms with Crippen LogP contribution >= 0.6 is 11.8 Å². The normalized spacial score (nSPS) is 16.0. The van der Waals surface area contributed by atoms with Crippen LogP contribution < -0.4 is 0 Å². The zero-order valence-corrected chi connectivity index (χ0v) is 21.1. The fourth-order valence-electron chi connectivity index (χ4n) is 3.25. The van der Waals surface area contributed by atoms with Crippen LogP contribution in [0.2, 0.25) is 0 Å². The van der Waals surface area contributed by atoms with E-state index < -0.39 is 17.8 Å². The highest BCUT2D eigenvalue weighted by Gasteiger charge is 2.34. The summed E-state index contributed by atoms with van der Waals surface area (Å²) in [7, 11) is 1.30. The van der Waals surface area contributed by atoms with Crippen LogP contribution in [-0.4, -0.2) is 41.7 Å². The number of aliphatic imine (C=N–C) groups is 1. The van der Waals surface area contributed by atoms with Crippen LogP contribution in [0.15, 0.2) is 69.8 Å². The second-order valence-electron chi connectivity index (χ2n) is 8.72. The maximum atomic E-state index is 12.9. The smallest absolute Gasteiger partial charge is 0.344 e. The number of esters is 2. The summed E-state index contributed by atoms with van der Waals surface area (Å²) in [5, 5.41) is 10.8. The predicted molar refractivity (Wildman–Crippen MR) is 137 cm³/mol. The molecule has 1 aliphatic heterocycles. The Morgan fingerprint density at radius 3 is 2.11 bits per heavy atom. The van der Waals surface area contributed by atoms with Crippen molar-refractivity contribution in [3.63, 3.8) is 0 Å². The van der Waals surface area contributed by atoms with Gasteiger partial charge in [0.25, 0.3) is 5.91 Å². The third-order valence-corrected chi connectivity index (χ3v) is 6.22. The topological polar surface area (TPSA) is 102 Å². The molecule has 0 saturated carbocycles. The van der Waals surface area contributed by atoms with Gasteiger partial charge in [-0.15, -0.1) is 0 Å². The summed E-state index contributed by atoms with van der Waals surface area (Å²) in [6.45, 7) is 7.99. The molecule has 182 valence electrons. The zero-order chi connectivity index (χ0) is 25.8. The summed E-state index contributed by atoms with van der Waals surface area (Å²) in [6.07, 6.45) is 1.63. The van der Waals surface area contributed by atoms with Crippen LogP contribution in [0.1, 0.15) is 59.5 Å². The second-order valence-corrected chi connectivity index (χ2v) is 9.75. The van der Waals surface area contributed by atoms with E-state index in [0.717, 1.165) is 17.3 Å². The molecule has 0 radical (unpaired) electrons. The number of rotatable bonds is 5. The number of amides is 1. The largest absolute Gasteiger partial charge is 0.506 e. The molecule has 1 N–H and O–H groups in total. The van der Waals surface area contributed by atoms with Gasteiger partial charge in [0.1, 0.15) is 16.4 Å². The molecule has 0 spiro atoms. The van der Waals surface area contributed by atoms with Gasteiger partial charge in [0.15, 0.2) is 0 Å². The van der Waals surface area contributed by atoms with Crippen LogP contribution in [0.25, 0.3) is 6.08 Å². The highest BCUT2D eigenvalue weighted by Crippen LogP contribution is 2.39. The number of methoxy groups -OCH3 is 1. The molecule has 1 amide bonds. The molecular weight excluding hydrogens is 466 g/mol. The Bertz CT molecular complexity index is 1230. The minimum Gasteiger partial charge on any atom is -0.506 e. The van der Waals surface area contributed by atoms with Crippen LogP contribution in [0.5, 0.6) is 0 Å². The molecule has 1 heterocycles. The Labute approximate surface area is 208 Å². The van der Waals surface area contributed by atoms with Crippen molar-refractivity contribution in [3.8, 4) is 0 Å². The summed E-state index contributed by atoms with van der Waals surface area (Å²) in [4.78, 5) is 41.5. The minimum absolute atomic E-state index is 0.0586. The lowest BCUT2D eigenvalue weighted by Crippen LogP contribution is -2.14. The van der Waals surface area contributed by atoms with Gasteiger partial charge in [0, 0.05) is 5.56 Å². The first-order valence-corrected chi connectivity index (χ1v) is 11.8. The van der Waals surface area contributed by atoms with Crippen LogP contribution in [-0.2, 0) is 19.7 Å². The summed E-state index contributed by atoms with van der Waals surface area (Å²) in [5.74, 6) is -2.09. The molecule has 8 heteroatoms. The maximum absolute atomic E-state index is 12.9. The molecular formula is C27H27NO6S. The molecule has 2 aromatic carbocycles. The van der Waals surface area contributed by atoms with Crippen molar-refractivity contribution in [1.29, 1.82) is 0 Å². The Kier molecular flexibility index (Phi) is 7.96. The van der Waals surface area contributed by atoms with Gasteiger partial charge in [-0.3, -0.25) is 4.79 Å². The van der Waals surface area contributed by atoms with Crippen molar-refractivity contribution in [3.05, 3.63) is 87.0 Å². The fraction of sp³-hybridized carbons (Fsp3) is 0.259. The van der Waals surface area contributed by atoms with Gasteiger partial charge in [-0.1, -0.05) is 56.8 Å².